The standard InChI is InChI=1S/C26H30N2O5/c1-16(25(30)31)13-27-24(29)18-12-6-7-17(18)14-28-26(32)33-15-23-21-10-4-2-8-19(21)20-9-3-5-11-22(20)23/h2-5,8-11,16-18,23H,6-7,12-15H2,1H3,(H,27,29)(H,28,32)(H,30,31). The maximum atomic E-state index is 12.5. The Labute approximate surface area is 193 Å². The summed E-state index contributed by atoms with van der Waals surface area (Å²) in [5.41, 5.74) is 4.68. The number of carbonyl (C=O) groups excluding carboxylic acids is 2. The van der Waals surface area contributed by atoms with E-state index in [0.717, 1.165) is 30.4 Å². The number of alkyl carbamates (subject to hydrolysis) is 1. The van der Waals surface area contributed by atoms with Crippen LogP contribution in [-0.4, -0.2) is 42.8 Å². The molecule has 33 heavy (non-hydrogen) atoms. The van der Waals surface area contributed by atoms with E-state index in [1.165, 1.54) is 11.1 Å². The number of hydrogen-bond donors (Lipinski definition) is 3. The summed E-state index contributed by atoms with van der Waals surface area (Å²) in [6.45, 7) is 2.29. The highest BCUT2D eigenvalue weighted by Gasteiger charge is 2.34. The zero-order valence-electron chi connectivity index (χ0n) is 18.8. The zero-order chi connectivity index (χ0) is 23.4. The van der Waals surface area contributed by atoms with Gasteiger partial charge in [-0.15, -0.1) is 0 Å². The fourth-order valence-electron chi connectivity index (χ4n) is 4.96. The molecule has 7 heteroatoms. The van der Waals surface area contributed by atoms with Crippen molar-refractivity contribution in [3.63, 3.8) is 0 Å². The number of rotatable bonds is 8. The zero-order valence-corrected chi connectivity index (χ0v) is 18.8. The number of carbonyl (C=O) groups is 3. The van der Waals surface area contributed by atoms with Gasteiger partial charge in [-0.05, 0) is 41.0 Å². The van der Waals surface area contributed by atoms with E-state index in [1.54, 1.807) is 6.92 Å². The van der Waals surface area contributed by atoms with E-state index in [0.29, 0.717) is 6.54 Å². The van der Waals surface area contributed by atoms with Gasteiger partial charge in [0.2, 0.25) is 5.91 Å². The van der Waals surface area contributed by atoms with Gasteiger partial charge in [0.25, 0.3) is 0 Å². The Morgan fingerprint density at radius 3 is 2.27 bits per heavy atom. The Bertz CT molecular complexity index is 991. The van der Waals surface area contributed by atoms with Crippen molar-refractivity contribution in [2.24, 2.45) is 17.8 Å². The molecular formula is C26H30N2O5. The van der Waals surface area contributed by atoms with Crippen LogP contribution in [0.25, 0.3) is 11.1 Å². The van der Waals surface area contributed by atoms with Crippen LogP contribution in [-0.2, 0) is 14.3 Å². The summed E-state index contributed by atoms with van der Waals surface area (Å²) in [5, 5.41) is 14.6. The van der Waals surface area contributed by atoms with Gasteiger partial charge in [-0.2, -0.15) is 0 Å². The molecule has 2 aromatic carbocycles. The topological polar surface area (TPSA) is 105 Å². The van der Waals surface area contributed by atoms with Crippen molar-refractivity contribution in [1.29, 1.82) is 0 Å². The summed E-state index contributed by atoms with van der Waals surface area (Å²) >= 11 is 0. The lowest BCUT2D eigenvalue weighted by Gasteiger charge is -2.20. The third-order valence-corrected chi connectivity index (χ3v) is 6.85. The van der Waals surface area contributed by atoms with Crippen molar-refractivity contribution >= 4 is 18.0 Å². The average molecular weight is 451 g/mol. The van der Waals surface area contributed by atoms with Crippen LogP contribution in [0.15, 0.2) is 48.5 Å². The third kappa shape index (κ3) is 5.02. The molecule has 0 bridgehead atoms. The first-order chi connectivity index (χ1) is 16.0. The van der Waals surface area contributed by atoms with E-state index in [-0.39, 0.29) is 36.8 Å². The van der Waals surface area contributed by atoms with E-state index < -0.39 is 18.0 Å². The number of benzene rings is 2. The number of carboxylic acids is 1. The molecule has 2 aliphatic carbocycles. The summed E-state index contributed by atoms with van der Waals surface area (Å²) in [6, 6.07) is 16.4. The molecule has 174 valence electrons. The molecule has 3 atom stereocenters. The van der Waals surface area contributed by atoms with Crippen LogP contribution < -0.4 is 10.6 Å². The minimum atomic E-state index is -0.935. The smallest absolute Gasteiger partial charge is 0.407 e. The van der Waals surface area contributed by atoms with E-state index >= 15 is 0 Å². The fourth-order valence-corrected chi connectivity index (χ4v) is 4.96. The van der Waals surface area contributed by atoms with E-state index in [2.05, 4.69) is 34.9 Å². The molecule has 3 unspecified atom stereocenters. The summed E-state index contributed by atoms with van der Waals surface area (Å²) < 4.78 is 5.58. The van der Waals surface area contributed by atoms with E-state index in [9.17, 15) is 14.4 Å². The molecular weight excluding hydrogens is 420 g/mol. The van der Waals surface area contributed by atoms with Crippen LogP contribution in [0.1, 0.15) is 43.2 Å². The van der Waals surface area contributed by atoms with Gasteiger partial charge in [0.1, 0.15) is 6.61 Å². The number of amides is 2. The second-order valence-electron chi connectivity index (χ2n) is 8.99. The van der Waals surface area contributed by atoms with Crippen molar-refractivity contribution in [3.05, 3.63) is 59.7 Å². The van der Waals surface area contributed by atoms with Crippen molar-refractivity contribution in [2.45, 2.75) is 32.1 Å². The number of carboxylic acid groups (broad SMARTS) is 1. The molecule has 0 radical (unpaired) electrons. The molecule has 4 rings (SSSR count). The van der Waals surface area contributed by atoms with E-state index in [1.807, 2.05) is 24.3 Å². The van der Waals surface area contributed by atoms with Crippen molar-refractivity contribution in [3.8, 4) is 11.1 Å². The van der Waals surface area contributed by atoms with Crippen molar-refractivity contribution in [2.75, 3.05) is 19.7 Å². The normalized spacial score (nSPS) is 19.9. The molecule has 0 saturated heterocycles. The molecule has 1 saturated carbocycles. The number of fused-ring (bicyclic) bond motifs is 3. The summed E-state index contributed by atoms with van der Waals surface area (Å²) in [6.07, 6.45) is 2.01. The summed E-state index contributed by atoms with van der Waals surface area (Å²) in [4.78, 5) is 35.9. The van der Waals surface area contributed by atoms with Crippen LogP contribution in [0.2, 0.25) is 0 Å². The van der Waals surface area contributed by atoms with Crippen molar-refractivity contribution in [1.82, 2.24) is 10.6 Å². The molecule has 7 nitrogen and oxygen atoms in total. The maximum absolute atomic E-state index is 12.5. The number of nitrogens with one attached hydrogen (secondary N) is 2. The van der Waals surface area contributed by atoms with E-state index in [4.69, 9.17) is 9.84 Å². The Balaban J connectivity index is 1.28. The number of ether oxygens (including phenoxy) is 1. The SMILES string of the molecule is CC(CNC(=O)C1CCCC1CNC(=O)OCC1c2ccccc2-c2ccccc21)C(=O)O. The lowest BCUT2D eigenvalue weighted by molar-refractivity contribution is -0.141. The quantitative estimate of drug-likeness (QED) is 0.568. The first-order valence-corrected chi connectivity index (χ1v) is 11.5. The van der Waals surface area contributed by atoms with Crippen LogP contribution in [0.5, 0.6) is 0 Å². The predicted octanol–water partition coefficient (Wildman–Crippen LogP) is 3.78. The van der Waals surface area contributed by atoms with Gasteiger partial charge >= 0.3 is 12.1 Å². The summed E-state index contributed by atoms with van der Waals surface area (Å²) in [5.74, 6) is -1.90. The molecule has 0 aromatic heterocycles. The molecule has 2 aromatic rings. The van der Waals surface area contributed by atoms with Crippen LogP contribution in [0.3, 0.4) is 0 Å². The second-order valence-corrected chi connectivity index (χ2v) is 8.99. The lowest BCUT2D eigenvalue weighted by atomic mass is 9.95. The highest BCUT2D eigenvalue weighted by molar-refractivity contribution is 5.80. The molecule has 1 fully saturated rings. The maximum Gasteiger partial charge on any atom is 0.407 e. The summed E-state index contributed by atoms with van der Waals surface area (Å²) in [7, 11) is 0. The molecule has 3 N–H and O–H groups in total. The van der Waals surface area contributed by atoms with Gasteiger partial charge < -0.3 is 20.5 Å². The average Bonchev–Trinajstić information content (AvgIpc) is 3.42. The fraction of sp³-hybridized carbons (Fsp3) is 0.423. The van der Waals surface area contributed by atoms with Gasteiger partial charge in [-0.1, -0.05) is 61.9 Å². The Hall–Kier alpha value is -3.35. The second kappa shape index (κ2) is 10.1. The Kier molecular flexibility index (Phi) is 6.96. The minimum absolute atomic E-state index is 0.00406. The minimum Gasteiger partial charge on any atom is -0.481 e. The first-order valence-electron chi connectivity index (χ1n) is 11.5. The number of aliphatic carboxylic acids is 1. The van der Waals surface area contributed by atoms with Crippen LogP contribution >= 0.6 is 0 Å². The molecule has 0 spiro atoms. The monoisotopic (exact) mass is 450 g/mol. The molecule has 0 aliphatic heterocycles. The number of hydrogen-bond acceptors (Lipinski definition) is 4. The Morgan fingerprint density at radius 2 is 1.64 bits per heavy atom. The van der Waals surface area contributed by atoms with Gasteiger partial charge in [-0.3, -0.25) is 9.59 Å². The molecule has 2 amide bonds. The van der Waals surface area contributed by atoms with Gasteiger partial charge in [0.05, 0.1) is 5.92 Å². The van der Waals surface area contributed by atoms with Crippen LogP contribution in [0, 0.1) is 17.8 Å². The lowest BCUT2D eigenvalue weighted by Crippen LogP contribution is -2.40. The third-order valence-electron chi connectivity index (χ3n) is 6.85. The van der Waals surface area contributed by atoms with Crippen LogP contribution in [0.4, 0.5) is 4.79 Å². The van der Waals surface area contributed by atoms with Gasteiger partial charge in [0, 0.05) is 24.9 Å². The first kappa shape index (κ1) is 22.8. The largest absolute Gasteiger partial charge is 0.481 e. The molecule has 0 heterocycles. The molecule has 2 aliphatic rings. The highest BCUT2D eigenvalue weighted by atomic mass is 16.5. The Morgan fingerprint density at radius 1 is 1.00 bits per heavy atom. The van der Waals surface area contributed by atoms with Gasteiger partial charge in [-0.25, -0.2) is 4.79 Å². The van der Waals surface area contributed by atoms with Crippen molar-refractivity contribution < 1.29 is 24.2 Å². The highest BCUT2D eigenvalue weighted by Crippen LogP contribution is 2.44. The predicted molar refractivity (Wildman–Crippen MR) is 124 cm³/mol. The van der Waals surface area contributed by atoms with Gasteiger partial charge in [0.15, 0.2) is 0 Å².